The first-order valence-electron chi connectivity index (χ1n) is 9.50. The third kappa shape index (κ3) is 4.03. The molecule has 1 saturated carbocycles. The van der Waals surface area contributed by atoms with Crippen molar-refractivity contribution in [2.45, 2.75) is 44.3 Å². The molecule has 0 radical (unpaired) electrons. The molecule has 1 aromatic carbocycles. The van der Waals surface area contributed by atoms with Gasteiger partial charge in [-0.15, -0.1) is 0 Å². The summed E-state index contributed by atoms with van der Waals surface area (Å²) in [7, 11) is 1.59. The number of anilines is 1. The molecule has 1 atom stereocenters. The summed E-state index contributed by atoms with van der Waals surface area (Å²) in [5.41, 5.74) is 3.39. The lowest BCUT2D eigenvalue weighted by atomic mass is 10.1. The number of hydrogen-bond donors (Lipinski definition) is 2. The number of nitrogens with zero attached hydrogens (tertiary/aromatic N) is 3. The number of amides is 2. The molecule has 0 saturated heterocycles. The summed E-state index contributed by atoms with van der Waals surface area (Å²) in [6.07, 6.45) is 7.74. The van der Waals surface area contributed by atoms with Gasteiger partial charge in [-0.25, -0.2) is 0 Å². The van der Waals surface area contributed by atoms with Gasteiger partial charge in [-0.05, 0) is 36.8 Å². The third-order valence-corrected chi connectivity index (χ3v) is 5.35. The number of likely N-dealkylation sites (N-methyl/N-ethyl adjacent to an activating group) is 1. The first-order chi connectivity index (χ1) is 13.1. The van der Waals surface area contributed by atoms with Crippen molar-refractivity contribution in [2.24, 2.45) is 0 Å². The molecule has 27 heavy (non-hydrogen) atoms. The van der Waals surface area contributed by atoms with Crippen molar-refractivity contribution in [3.05, 3.63) is 47.8 Å². The highest BCUT2D eigenvalue weighted by Crippen LogP contribution is 2.41. The van der Waals surface area contributed by atoms with Gasteiger partial charge in [0.25, 0.3) is 0 Å². The van der Waals surface area contributed by atoms with Crippen LogP contribution in [0.5, 0.6) is 0 Å². The highest BCUT2D eigenvalue weighted by molar-refractivity contribution is 5.92. The Kier molecular flexibility index (Phi) is 4.94. The number of carbonyl (C=O) groups is 2. The van der Waals surface area contributed by atoms with Crippen molar-refractivity contribution in [1.82, 2.24) is 20.0 Å². The van der Waals surface area contributed by atoms with Gasteiger partial charge in [0.05, 0.1) is 18.4 Å². The van der Waals surface area contributed by atoms with E-state index in [0.717, 1.165) is 25.7 Å². The van der Waals surface area contributed by atoms with E-state index in [-0.39, 0.29) is 18.4 Å². The number of hydrogen-bond acceptors (Lipinski definition) is 4. The van der Waals surface area contributed by atoms with Crippen LogP contribution in [0.15, 0.2) is 36.7 Å². The van der Waals surface area contributed by atoms with Crippen LogP contribution < -0.4 is 10.6 Å². The third-order valence-electron chi connectivity index (χ3n) is 5.35. The van der Waals surface area contributed by atoms with Crippen LogP contribution >= 0.6 is 0 Å². The first kappa shape index (κ1) is 17.7. The number of fused-ring (bicyclic) bond motifs is 1. The number of carbonyl (C=O) groups excluding carboxylic acids is 2. The summed E-state index contributed by atoms with van der Waals surface area (Å²) in [5, 5.41) is 9.59. The Bertz CT molecular complexity index is 842. The molecule has 2 amide bonds. The number of nitrogens with one attached hydrogen (secondary N) is 2. The fourth-order valence-corrected chi connectivity index (χ4v) is 3.89. The van der Waals surface area contributed by atoms with Crippen LogP contribution in [0.2, 0.25) is 0 Å². The molecule has 1 unspecified atom stereocenters. The second kappa shape index (κ2) is 7.52. The highest BCUT2D eigenvalue weighted by atomic mass is 16.2. The molecular formula is C20H25N5O2. The van der Waals surface area contributed by atoms with Crippen LogP contribution in [0.3, 0.4) is 0 Å². The van der Waals surface area contributed by atoms with Crippen LogP contribution in [-0.4, -0.2) is 46.1 Å². The maximum atomic E-state index is 12.6. The molecule has 7 heteroatoms. The minimum absolute atomic E-state index is 0.0363. The topological polar surface area (TPSA) is 79.3 Å². The Morgan fingerprint density at radius 3 is 2.81 bits per heavy atom. The summed E-state index contributed by atoms with van der Waals surface area (Å²) < 4.78 is 1.51. The van der Waals surface area contributed by atoms with Gasteiger partial charge in [0.1, 0.15) is 6.54 Å². The van der Waals surface area contributed by atoms with Gasteiger partial charge < -0.3 is 10.6 Å². The average molecular weight is 367 g/mol. The van der Waals surface area contributed by atoms with Gasteiger partial charge >= 0.3 is 0 Å². The number of aryl methyl sites for hydroxylation is 1. The smallest absolute Gasteiger partial charge is 0.241 e. The van der Waals surface area contributed by atoms with Crippen molar-refractivity contribution in [1.29, 1.82) is 0 Å². The zero-order chi connectivity index (χ0) is 18.8. The zero-order valence-corrected chi connectivity index (χ0v) is 15.5. The molecule has 2 aliphatic carbocycles. The summed E-state index contributed by atoms with van der Waals surface area (Å²) in [5.74, 6) is -0.165. The molecule has 1 fully saturated rings. The van der Waals surface area contributed by atoms with Crippen LogP contribution in [0, 0.1) is 0 Å². The Labute approximate surface area is 158 Å². The fourth-order valence-electron chi connectivity index (χ4n) is 3.89. The van der Waals surface area contributed by atoms with Gasteiger partial charge in [0, 0.05) is 25.3 Å². The van der Waals surface area contributed by atoms with Gasteiger partial charge in [0.2, 0.25) is 11.8 Å². The van der Waals surface area contributed by atoms with Crippen molar-refractivity contribution < 1.29 is 9.59 Å². The summed E-state index contributed by atoms with van der Waals surface area (Å²) in [6.45, 7) is 0.518. The predicted octanol–water partition coefficient (Wildman–Crippen LogP) is 1.72. The van der Waals surface area contributed by atoms with Crippen LogP contribution in [0.1, 0.15) is 36.4 Å². The predicted molar refractivity (Wildman–Crippen MR) is 102 cm³/mol. The number of aromatic nitrogens is 2. The maximum Gasteiger partial charge on any atom is 0.241 e. The molecule has 7 nitrogen and oxygen atoms in total. The molecule has 142 valence electrons. The molecule has 1 aromatic heterocycles. The number of rotatable bonds is 7. The lowest BCUT2D eigenvalue weighted by molar-refractivity contribution is -0.121. The van der Waals surface area contributed by atoms with Crippen molar-refractivity contribution in [2.75, 3.05) is 18.9 Å². The zero-order valence-electron chi connectivity index (χ0n) is 15.5. The lowest BCUT2D eigenvalue weighted by Crippen LogP contribution is -2.37. The molecular weight excluding hydrogens is 342 g/mol. The second-order valence-electron chi connectivity index (χ2n) is 7.30. The van der Waals surface area contributed by atoms with Crippen LogP contribution in [0.4, 0.5) is 5.69 Å². The Hall–Kier alpha value is -2.67. The molecule has 0 spiro atoms. The lowest BCUT2D eigenvalue weighted by Gasteiger charge is -2.29. The minimum Gasteiger partial charge on any atom is -0.358 e. The summed E-state index contributed by atoms with van der Waals surface area (Å²) >= 11 is 0. The Balaban J connectivity index is 1.40. The molecule has 0 bridgehead atoms. The average Bonchev–Trinajstić information content (AvgIpc) is 3.28. The van der Waals surface area contributed by atoms with Gasteiger partial charge in [-0.3, -0.25) is 19.2 Å². The molecule has 4 rings (SSSR count). The van der Waals surface area contributed by atoms with E-state index in [9.17, 15) is 9.59 Å². The fraction of sp³-hybridized carbons (Fsp3) is 0.450. The molecule has 2 N–H and O–H groups in total. The van der Waals surface area contributed by atoms with E-state index in [1.165, 1.54) is 15.8 Å². The monoisotopic (exact) mass is 367 g/mol. The SMILES string of the molecule is CNC(=O)Cn1cc(NC(=O)CN(C2CC2)C2CCc3ccccc32)cn1. The quantitative estimate of drug-likeness (QED) is 0.781. The summed E-state index contributed by atoms with van der Waals surface area (Å²) in [4.78, 5) is 26.4. The highest BCUT2D eigenvalue weighted by Gasteiger charge is 2.38. The maximum absolute atomic E-state index is 12.6. The Morgan fingerprint density at radius 2 is 2.04 bits per heavy atom. The van der Waals surface area contributed by atoms with E-state index in [1.54, 1.807) is 19.4 Å². The van der Waals surface area contributed by atoms with Crippen molar-refractivity contribution >= 4 is 17.5 Å². The molecule has 2 aliphatic rings. The van der Waals surface area contributed by atoms with E-state index >= 15 is 0 Å². The van der Waals surface area contributed by atoms with E-state index in [1.807, 2.05) is 0 Å². The van der Waals surface area contributed by atoms with Crippen LogP contribution in [0.25, 0.3) is 0 Å². The first-order valence-corrected chi connectivity index (χ1v) is 9.50. The largest absolute Gasteiger partial charge is 0.358 e. The summed E-state index contributed by atoms with van der Waals surface area (Å²) in [6, 6.07) is 9.40. The Morgan fingerprint density at radius 1 is 1.22 bits per heavy atom. The van der Waals surface area contributed by atoms with Crippen molar-refractivity contribution in [3.63, 3.8) is 0 Å². The minimum atomic E-state index is -0.129. The molecule has 1 heterocycles. The molecule has 2 aromatic rings. The van der Waals surface area contributed by atoms with Crippen LogP contribution in [-0.2, 0) is 22.6 Å². The van der Waals surface area contributed by atoms with E-state index in [0.29, 0.717) is 24.3 Å². The van der Waals surface area contributed by atoms with Gasteiger partial charge in [0.15, 0.2) is 0 Å². The standard InChI is InChI=1S/C20H25N5O2/c1-21-19(26)12-24-11-15(10-22-24)23-20(27)13-25(16-7-8-16)18-9-6-14-4-2-3-5-17(14)18/h2-5,10-11,16,18H,6-9,12-13H2,1H3,(H,21,26)(H,23,27). The molecule has 0 aliphatic heterocycles. The number of benzene rings is 1. The van der Waals surface area contributed by atoms with E-state index in [2.05, 4.69) is 44.9 Å². The normalized spacial score (nSPS) is 18.4. The van der Waals surface area contributed by atoms with E-state index < -0.39 is 0 Å². The van der Waals surface area contributed by atoms with Crippen molar-refractivity contribution in [3.8, 4) is 0 Å². The second-order valence-corrected chi connectivity index (χ2v) is 7.30. The van der Waals surface area contributed by atoms with Gasteiger partial charge in [-0.2, -0.15) is 5.10 Å². The van der Waals surface area contributed by atoms with Gasteiger partial charge in [-0.1, -0.05) is 24.3 Å². The van der Waals surface area contributed by atoms with E-state index in [4.69, 9.17) is 0 Å².